The van der Waals surface area contributed by atoms with Crippen molar-refractivity contribution >= 4 is 21.8 Å². The van der Waals surface area contributed by atoms with E-state index in [9.17, 15) is 23.3 Å². The molecule has 0 saturated heterocycles. The zero-order chi connectivity index (χ0) is 14.5. The van der Waals surface area contributed by atoms with Crippen LogP contribution in [-0.4, -0.2) is 41.5 Å². The third-order valence-electron chi connectivity index (χ3n) is 2.10. The third kappa shape index (κ3) is 5.57. The quantitative estimate of drug-likeness (QED) is 0.288. The Hall–Kier alpha value is -1.81. The third-order valence-corrected chi connectivity index (χ3v) is 2.70. The highest BCUT2D eigenvalue weighted by atomic mass is 32.2. The number of hydrogen-bond acceptors (Lipinski definition) is 7. The lowest BCUT2D eigenvalue weighted by Crippen LogP contribution is -2.13. The predicted octanol–water partition coefficient (Wildman–Crippen LogP) is 0.117. The molecule has 19 heavy (non-hydrogen) atoms. The van der Waals surface area contributed by atoms with E-state index < -0.39 is 21.0 Å². The summed E-state index contributed by atoms with van der Waals surface area (Å²) >= 11 is 0. The topological polar surface area (TPSA) is 121 Å². The molecule has 0 N–H and O–H groups in total. The number of hydrogen-bond donors (Lipinski definition) is 0. The van der Waals surface area contributed by atoms with Gasteiger partial charge in [-0.15, -0.1) is 0 Å². The highest BCUT2D eigenvalue weighted by Crippen LogP contribution is 2.08. The van der Waals surface area contributed by atoms with E-state index in [1.165, 1.54) is 12.4 Å². The van der Waals surface area contributed by atoms with Gasteiger partial charge in [0.1, 0.15) is 18.9 Å². The summed E-state index contributed by atoms with van der Waals surface area (Å²) in [6.45, 7) is -0.258. The molecule has 0 aliphatic heterocycles. The minimum atomic E-state index is -3.51. The number of nitrogens with zero attached hydrogens (tertiary/aromatic N) is 3. The summed E-state index contributed by atoms with van der Waals surface area (Å²) in [7, 11) is -3.51. The standard InChI is InChI=1S/C9H13N3O6S/c1-19(16,17)18-6-2-3-8(13)7-11-5-4-10-9(11)12(14)15/h4-5H,2-3,6-7H2,1H3. The lowest BCUT2D eigenvalue weighted by atomic mass is 10.2. The second-order valence-electron chi connectivity index (χ2n) is 3.78. The molecule has 9 nitrogen and oxygen atoms in total. The van der Waals surface area contributed by atoms with Gasteiger partial charge in [0, 0.05) is 6.42 Å². The van der Waals surface area contributed by atoms with Gasteiger partial charge in [-0.2, -0.15) is 8.42 Å². The van der Waals surface area contributed by atoms with Crippen LogP contribution in [-0.2, 0) is 25.6 Å². The minimum Gasteiger partial charge on any atom is -0.390 e. The van der Waals surface area contributed by atoms with Crippen LogP contribution < -0.4 is 0 Å². The van der Waals surface area contributed by atoms with Crippen LogP contribution in [0.2, 0.25) is 0 Å². The molecule has 1 rings (SSSR count). The maximum Gasteiger partial charge on any atom is 0.434 e. The Kier molecular flexibility index (Phi) is 5.12. The van der Waals surface area contributed by atoms with Gasteiger partial charge in [0.2, 0.25) is 0 Å². The second-order valence-corrected chi connectivity index (χ2v) is 5.42. The number of carbonyl (C=O) groups excluding carboxylic acids is 1. The zero-order valence-electron chi connectivity index (χ0n) is 10.2. The SMILES string of the molecule is CS(=O)(=O)OCCCC(=O)Cn1ccnc1[N+](=O)[O-]. The average molecular weight is 291 g/mol. The van der Waals surface area contributed by atoms with Gasteiger partial charge < -0.3 is 10.1 Å². The number of nitro groups is 1. The molecule has 0 unspecified atom stereocenters. The zero-order valence-corrected chi connectivity index (χ0v) is 11.0. The first-order valence-corrected chi connectivity index (χ1v) is 7.13. The molecular weight excluding hydrogens is 278 g/mol. The molecule has 1 heterocycles. The summed E-state index contributed by atoms with van der Waals surface area (Å²) in [5.74, 6) is -0.668. The maximum absolute atomic E-state index is 11.5. The van der Waals surface area contributed by atoms with Crippen molar-refractivity contribution in [3.05, 3.63) is 22.5 Å². The first-order chi connectivity index (χ1) is 8.79. The Bertz CT molecular complexity index is 564. The summed E-state index contributed by atoms with van der Waals surface area (Å²) in [5.41, 5.74) is 0. The number of aromatic nitrogens is 2. The van der Waals surface area contributed by atoms with Gasteiger partial charge in [-0.1, -0.05) is 4.98 Å². The number of carbonyl (C=O) groups is 1. The molecule has 0 aliphatic rings. The van der Waals surface area contributed by atoms with Crippen LogP contribution in [0, 0.1) is 10.1 Å². The van der Waals surface area contributed by atoms with Crippen LogP contribution in [0.25, 0.3) is 0 Å². The number of rotatable bonds is 8. The van der Waals surface area contributed by atoms with Crippen LogP contribution in [0.15, 0.2) is 12.4 Å². The molecule has 0 amide bonds. The average Bonchev–Trinajstić information content (AvgIpc) is 2.71. The molecule has 0 aromatic carbocycles. The Morgan fingerprint density at radius 3 is 2.84 bits per heavy atom. The molecule has 1 aromatic heterocycles. The van der Waals surface area contributed by atoms with E-state index in [0.29, 0.717) is 0 Å². The van der Waals surface area contributed by atoms with Crippen molar-refractivity contribution in [1.29, 1.82) is 0 Å². The van der Waals surface area contributed by atoms with Crippen molar-refractivity contribution < 1.29 is 22.3 Å². The molecule has 10 heteroatoms. The van der Waals surface area contributed by atoms with Crippen LogP contribution in [0.3, 0.4) is 0 Å². The van der Waals surface area contributed by atoms with Crippen LogP contribution >= 0.6 is 0 Å². The molecule has 106 valence electrons. The first kappa shape index (κ1) is 15.2. The summed E-state index contributed by atoms with van der Waals surface area (Å²) in [5, 5.41) is 10.6. The van der Waals surface area contributed by atoms with E-state index in [-0.39, 0.29) is 31.8 Å². The van der Waals surface area contributed by atoms with E-state index in [1.54, 1.807) is 0 Å². The fourth-order valence-electron chi connectivity index (χ4n) is 1.35. The number of Topliss-reactive ketones (excluding diaryl/α,β-unsaturated/α-hetero) is 1. The largest absolute Gasteiger partial charge is 0.434 e. The smallest absolute Gasteiger partial charge is 0.390 e. The number of ketones is 1. The van der Waals surface area contributed by atoms with Crippen molar-refractivity contribution in [2.45, 2.75) is 19.4 Å². The van der Waals surface area contributed by atoms with Crippen molar-refractivity contribution in [1.82, 2.24) is 9.55 Å². The Morgan fingerprint density at radius 1 is 1.58 bits per heavy atom. The van der Waals surface area contributed by atoms with Crippen molar-refractivity contribution in [3.8, 4) is 0 Å². The molecule has 0 atom stereocenters. The van der Waals surface area contributed by atoms with E-state index in [1.807, 2.05) is 0 Å². The van der Waals surface area contributed by atoms with E-state index in [4.69, 9.17) is 0 Å². The lowest BCUT2D eigenvalue weighted by molar-refractivity contribution is -0.396. The second kappa shape index (κ2) is 6.38. The van der Waals surface area contributed by atoms with Crippen molar-refractivity contribution in [2.75, 3.05) is 12.9 Å². The van der Waals surface area contributed by atoms with Crippen molar-refractivity contribution in [3.63, 3.8) is 0 Å². The Morgan fingerprint density at radius 2 is 2.26 bits per heavy atom. The number of imidazole rings is 1. The van der Waals surface area contributed by atoms with Crippen molar-refractivity contribution in [2.24, 2.45) is 0 Å². The molecule has 0 fully saturated rings. The Labute approximate surface area is 109 Å². The van der Waals surface area contributed by atoms with Crippen LogP contribution in [0.1, 0.15) is 12.8 Å². The molecule has 1 aromatic rings. The van der Waals surface area contributed by atoms with E-state index in [0.717, 1.165) is 10.8 Å². The van der Waals surface area contributed by atoms with Crippen LogP contribution in [0.4, 0.5) is 5.95 Å². The fraction of sp³-hybridized carbons (Fsp3) is 0.556. The molecule has 0 bridgehead atoms. The monoisotopic (exact) mass is 291 g/mol. The first-order valence-electron chi connectivity index (χ1n) is 5.31. The lowest BCUT2D eigenvalue weighted by Gasteiger charge is -2.02. The highest BCUT2D eigenvalue weighted by Gasteiger charge is 2.16. The van der Waals surface area contributed by atoms with Gasteiger partial charge in [-0.25, -0.2) is 4.57 Å². The molecular formula is C9H13N3O6S. The summed E-state index contributed by atoms with van der Waals surface area (Å²) in [6.07, 6.45) is 3.80. The molecule has 0 saturated carbocycles. The summed E-state index contributed by atoms with van der Waals surface area (Å²) in [6, 6.07) is 0. The predicted molar refractivity (Wildman–Crippen MR) is 63.9 cm³/mol. The van der Waals surface area contributed by atoms with Gasteiger partial charge in [0.25, 0.3) is 10.1 Å². The van der Waals surface area contributed by atoms with E-state index in [2.05, 4.69) is 9.17 Å². The molecule has 0 spiro atoms. The van der Waals surface area contributed by atoms with Crippen LogP contribution in [0.5, 0.6) is 0 Å². The van der Waals surface area contributed by atoms with Gasteiger partial charge in [0.15, 0.2) is 5.78 Å². The van der Waals surface area contributed by atoms with E-state index >= 15 is 0 Å². The molecule has 0 radical (unpaired) electrons. The summed E-state index contributed by atoms with van der Waals surface area (Å²) in [4.78, 5) is 24.9. The van der Waals surface area contributed by atoms with Gasteiger partial charge >= 0.3 is 5.95 Å². The minimum absolute atomic E-state index is 0.0743. The maximum atomic E-state index is 11.5. The normalized spacial score (nSPS) is 11.4. The summed E-state index contributed by atoms with van der Waals surface area (Å²) < 4.78 is 26.9. The van der Waals surface area contributed by atoms with Gasteiger partial charge in [-0.3, -0.25) is 8.98 Å². The van der Waals surface area contributed by atoms with Gasteiger partial charge in [0.05, 0.1) is 12.9 Å². The molecule has 0 aliphatic carbocycles. The van der Waals surface area contributed by atoms with Gasteiger partial charge in [-0.05, 0) is 11.3 Å². The fourth-order valence-corrected chi connectivity index (χ4v) is 1.77. The Balaban J connectivity index is 2.39. The highest BCUT2D eigenvalue weighted by molar-refractivity contribution is 7.85.